The topological polar surface area (TPSA) is 73.9 Å². The van der Waals surface area contributed by atoms with Crippen molar-refractivity contribution in [2.45, 2.75) is 26.8 Å². The van der Waals surface area contributed by atoms with E-state index in [1.165, 1.54) is 7.11 Å². The number of ether oxygens (including phenoxy) is 2. The predicted molar refractivity (Wildman–Crippen MR) is 141 cm³/mol. The van der Waals surface area contributed by atoms with Gasteiger partial charge in [-0.05, 0) is 19.4 Å². The monoisotopic (exact) mass is 495 g/mol. The van der Waals surface area contributed by atoms with E-state index in [1.807, 2.05) is 26.1 Å². The van der Waals surface area contributed by atoms with E-state index < -0.39 is 0 Å². The molecular formula is C26H30ClN5O3. The summed E-state index contributed by atoms with van der Waals surface area (Å²) < 4.78 is 10.8. The van der Waals surface area contributed by atoms with Crippen LogP contribution in [0.4, 0.5) is 16.2 Å². The molecule has 3 heterocycles. The summed E-state index contributed by atoms with van der Waals surface area (Å²) in [7, 11) is 6.84. The Kier molecular flexibility index (Phi) is 6.67. The van der Waals surface area contributed by atoms with E-state index in [9.17, 15) is 4.79 Å². The van der Waals surface area contributed by atoms with Crippen LogP contribution in [0.1, 0.15) is 31.5 Å². The van der Waals surface area contributed by atoms with Gasteiger partial charge in [0.05, 0.1) is 43.5 Å². The summed E-state index contributed by atoms with van der Waals surface area (Å²) >= 11 is 6.60. The number of anilines is 2. The van der Waals surface area contributed by atoms with Crippen LogP contribution in [0.25, 0.3) is 16.7 Å². The predicted octanol–water partition coefficient (Wildman–Crippen LogP) is 6.03. The molecule has 0 fully saturated rings. The highest BCUT2D eigenvalue weighted by atomic mass is 35.5. The van der Waals surface area contributed by atoms with Gasteiger partial charge in [0.2, 0.25) is 0 Å². The Labute approximate surface area is 210 Å². The molecule has 0 radical (unpaired) electrons. The van der Waals surface area contributed by atoms with Crippen molar-refractivity contribution in [1.29, 1.82) is 0 Å². The summed E-state index contributed by atoms with van der Waals surface area (Å²) in [6, 6.07) is 5.24. The number of fused-ring (bicyclic) bond motifs is 3. The molecular weight excluding hydrogens is 466 g/mol. The van der Waals surface area contributed by atoms with Crippen LogP contribution < -0.4 is 19.3 Å². The zero-order valence-electron chi connectivity index (χ0n) is 20.9. The number of pyridine rings is 1. The molecule has 1 N–H and O–H groups in total. The van der Waals surface area contributed by atoms with Crippen molar-refractivity contribution >= 4 is 45.7 Å². The Hall–Kier alpha value is -3.65. The number of carbonyl (C=O) groups excluding carboxylic acids is 1. The molecule has 0 atom stereocenters. The molecule has 184 valence electrons. The number of H-pyrrole nitrogens is 1. The van der Waals surface area contributed by atoms with Gasteiger partial charge in [-0.15, -0.1) is 0 Å². The summed E-state index contributed by atoms with van der Waals surface area (Å²) in [6.45, 7) is 8.52. The minimum Gasteiger partial charge on any atom is -0.497 e. The van der Waals surface area contributed by atoms with Gasteiger partial charge >= 0.3 is 6.03 Å². The van der Waals surface area contributed by atoms with E-state index in [0.717, 1.165) is 40.1 Å². The van der Waals surface area contributed by atoms with Gasteiger partial charge in [0.25, 0.3) is 0 Å². The highest BCUT2D eigenvalue weighted by Crippen LogP contribution is 2.43. The number of hydrogen-bond donors (Lipinski definition) is 1. The Bertz CT molecular complexity index is 1350. The van der Waals surface area contributed by atoms with Gasteiger partial charge in [-0.2, -0.15) is 0 Å². The fourth-order valence-electron chi connectivity index (χ4n) is 4.41. The summed E-state index contributed by atoms with van der Waals surface area (Å²) in [6.07, 6.45) is 4.67. The quantitative estimate of drug-likeness (QED) is 0.433. The van der Waals surface area contributed by atoms with E-state index in [-0.39, 0.29) is 6.03 Å². The average Bonchev–Trinajstić information content (AvgIpc) is 3.29. The van der Waals surface area contributed by atoms with Gasteiger partial charge in [-0.1, -0.05) is 31.2 Å². The minimum atomic E-state index is -0.215. The fraction of sp³-hybridized carbons (Fsp3) is 0.308. The molecule has 3 aromatic rings. The third-order valence-corrected chi connectivity index (χ3v) is 6.80. The third-order valence-electron chi connectivity index (χ3n) is 6.42. The van der Waals surface area contributed by atoms with Crippen LogP contribution in [0.5, 0.6) is 11.5 Å². The lowest BCUT2D eigenvalue weighted by molar-refractivity contribution is 0.251. The van der Waals surface area contributed by atoms with Crippen molar-refractivity contribution < 1.29 is 14.3 Å². The number of urea groups is 1. The Morgan fingerprint density at radius 2 is 2.06 bits per heavy atom. The molecule has 2 aromatic heterocycles. The van der Waals surface area contributed by atoms with Crippen LogP contribution in [0.3, 0.4) is 0 Å². The number of halogens is 1. The SMILES string of the molecule is C=C(CC)N(C)C(=CC)c1cc2c3c(cnc2[nH]1)CN(c1cc(OC)cc(OC)c1Cl)C(=O)N3C. The number of nitrogens with zero attached hydrogens (tertiary/aromatic N) is 4. The number of methoxy groups -OCH3 is 2. The Morgan fingerprint density at radius 1 is 1.31 bits per heavy atom. The minimum absolute atomic E-state index is 0.215. The number of amides is 2. The lowest BCUT2D eigenvalue weighted by Crippen LogP contribution is -2.45. The summed E-state index contributed by atoms with van der Waals surface area (Å²) in [5.74, 6) is 0.978. The number of benzene rings is 1. The van der Waals surface area contributed by atoms with Crippen LogP contribution in [0.2, 0.25) is 5.02 Å². The number of nitrogens with one attached hydrogen (secondary N) is 1. The average molecular weight is 496 g/mol. The first-order valence-electron chi connectivity index (χ1n) is 11.3. The normalized spacial score (nSPS) is 13.8. The number of aromatic nitrogens is 2. The van der Waals surface area contributed by atoms with Gasteiger partial charge in [-0.3, -0.25) is 9.80 Å². The van der Waals surface area contributed by atoms with E-state index in [2.05, 4.69) is 28.4 Å². The Balaban J connectivity index is 1.80. The van der Waals surface area contributed by atoms with Crippen LogP contribution in [-0.2, 0) is 6.54 Å². The van der Waals surface area contributed by atoms with Gasteiger partial charge < -0.3 is 19.4 Å². The van der Waals surface area contributed by atoms with E-state index in [4.69, 9.17) is 21.1 Å². The number of hydrogen-bond acceptors (Lipinski definition) is 5. The molecule has 4 rings (SSSR count). The lowest BCUT2D eigenvalue weighted by Gasteiger charge is -2.35. The molecule has 0 aliphatic carbocycles. The zero-order chi connectivity index (χ0) is 25.4. The first-order valence-corrected chi connectivity index (χ1v) is 11.7. The van der Waals surface area contributed by atoms with Crippen LogP contribution in [0, 0.1) is 0 Å². The summed E-state index contributed by atoms with van der Waals surface area (Å²) in [4.78, 5) is 26.9. The van der Waals surface area contributed by atoms with Crippen molar-refractivity contribution in [3.05, 3.63) is 59.0 Å². The number of carbonyl (C=O) groups is 1. The number of aromatic amines is 1. The summed E-state index contributed by atoms with van der Waals surface area (Å²) in [5.41, 5.74) is 5.84. The van der Waals surface area contributed by atoms with Gasteiger partial charge in [0.1, 0.15) is 22.2 Å². The molecule has 0 saturated carbocycles. The molecule has 8 nitrogen and oxygen atoms in total. The smallest absolute Gasteiger partial charge is 0.329 e. The molecule has 0 unspecified atom stereocenters. The van der Waals surface area contributed by atoms with E-state index >= 15 is 0 Å². The van der Waals surface area contributed by atoms with Gasteiger partial charge in [0, 0.05) is 49.1 Å². The number of rotatable bonds is 7. The molecule has 2 amide bonds. The zero-order valence-corrected chi connectivity index (χ0v) is 21.7. The number of allylic oxidation sites excluding steroid dienone is 2. The summed E-state index contributed by atoms with van der Waals surface area (Å²) in [5, 5.41) is 1.21. The van der Waals surface area contributed by atoms with Crippen molar-refractivity contribution in [2.24, 2.45) is 0 Å². The molecule has 0 saturated heterocycles. The largest absolute Gasteiger partial charge is 0.497 e. The second kappa shape index (κ2) is 9.54. The van der Waals surface area contributed by atoms with Crippen LogP contribution >= 0.6 is 11.6 Å². The maximum atomic E-state index is 13.6. The van der Waals surface area contributed by atoms with Gasteiger partial charge in [-0.25, -0.2) is 9.78 Å². The first kappa shape index (κ1) is 24.5. The molecule has 0 bridgehead atoms. The second-order valence-electron chi connectivity index (χ2n) is 8.32. The van der Waals surface area contributed by atoms with Crippen molar-refractivity contribution in [3.63, 3.8) is 0 Å². The van der Waals surface area contributed by atoms with Crippen LogP contribution in [0.15, 0.2) is 42.7 Å². The highest BCUT2D eigenvalue weighted by molar-refractivity contribution is 6.35. The van der Waals surface area contributed by atoms with Crippen molar-refractivity contribution in [2.75, 3.05) is 38.1 Å². The second-order valence-corrected chi connectivity index (χ2v) is 8.70. The third kappa shape index (κ3) is 4.08. The lowest BCUT2D eigenvalue weighted by atomic mass is 10.1. The Morgan fingerprint density at radius 3 is 2.69 bits per heavy atom. The molecule has 1 aliphatic heterocycles. The molecule has 1 aliphatic rings. The van der Waals surface area contributed by atoms with Crippen molar-refractivity contribution in [3.8, 4) is 11.5 Å². The van der Waals surface area contributed by atoms with Crippen molar-refractivity contribution in [1.82, 2.24) is 14.9 Å². The molecule has 0 spiro atoms. The maximum Gasteiger partial charge on any atom is 0.329 e. The fourth-order valence-corrected chi connectivity index (χ4v) is 4.70. The highest BCUT2D eigenvalue weighted by Gasteiger charge is 2.33. The van der Waals surface area contributed by atoms with E-state index in [1.54, 1.807) is 42.3 Å². The van der Waals surface area contributed by atoms with E-state index in [0.29, 0.717) is 34.4 Å². The molecule has 35 heavy (non-hydrogen) atoms. The van der Waals surface area contributed by atoms with Gasteiger partial charge in [0.15, 0.2) is 0 Å². The van der Waals surface area contributed by atoms with Crippen LogP contribution in [-0.4, -0.2) is 49.2 Å². The standard InChI is InChI=1S/C26H30ClN5O3/c1-8-15(3)30(4)20(9-2)19-12-18-24-16(13-28-25(18)29-19)14-32(26(33)31(24)5)21-10-17(34-6)11-22(35-7)23(21)27/h9-13H,3,8,14H2,1-2,4-7H3,(H,28,29). The molecule has 1 aromatic carbocycles. The first-order chi connectivity index (χ1) is 16.7. The maximum absolute atomic E-state index is 13.6. The molecule has 9 heteroatoms.